The van der Waals surface area contributed by atoms with Gasteiger partial charge in [0.15, 0.2) is 0 Å². The van der Waals surface area contributed by atoms with Crippen LogP contribution in [0.5, 0.6) is 0 Å². The zero-order chi connectivity index (χ0) is 13.3. The average Bonchev–Trinajstić information content (AvgIpc) is 2.00. The van der Waals surface area contributed by atoms with Gasteiger partial charge in [0.05, 0.1) is 0 Å². The smallest absolute Gasteiger partial charge is 0.205 e. The Morgan fingerprint density at radius 1 is 0.688 bits per heavy atom. The van der Waals surface area contributed by atoms with Crippen LogP contribution in [0.25, 0.3) is 0 Å². The van der Waals surface area contributed by atoms with Gasteiger partial charge < -0.3 is 0 Å². The van der Waals surface area contributed by atoms with Crippen LogP contribution in [0.15, 0.2) is 0 Å². The van der Waals surface area contributed by atoms with Crippen LogP contribution in [-0.4, -0.2) is 38.6 Å². The molecule has 0 aliphatic rings. The van der Waals surface area contributed by atoms with Gasteiger partial charge in [-0.3, -0.25) is 0 Å². The molecule has 98 valence electrons. The number of hydrogen-bond donors (Lipinski definition) is 0. The molecule has 0 aromatic heterocycles. The first-order chi connectivity index (χ1) is 6.95. The van der Waals surface area contributed by atoms with E-state index < -0.39 is 41.8 Å². The molecule has 0 saturated heterocycles. The molecule has 0 fully saturated rings. The van der Waals surface area contributed by atoms with Crippen molar-refractivity contribution in [2.24, 2.45) is 0 Å². The summed E-state index contributed by atoms with van der Waals surface area (Å²) in [5.41, 5.74) is 0. The van der Waals surface area contributed by atoms with Crippen molar-refractivity contribution >= 4 is 20.0 Å². The number of nitrogens with zero attached hydrogens (tertiary/aromatic N) is 1. The van der Waals surface area contributed by atoms with Gasteiger partial charge in [0.25, 0.3) is 20.0 Å². The number of alkyl halides is 6. The molecule has 16 heavy (non-hydrogen) atoms. The van der Waals surface area contributed by atoms with Gasteiger partial charge in [-0.25, -0.2) is 16.8 Å². The Morgan fingerprint density at radius 2 is 0.938 bits per heavy atom. The summed E-state index contributed by atoms with van der Waals surface area (Å²) < 4.78 is 110. The van der Waals surface area contributed by atoms with Gasteiger partial charge in [-0.2, -0.15) is 26.3 Å². The lowest BCUT2D eigenvalue weighted by atomic mass is 11.4. The minimum atomic E-state index is -6.36. The summed E-state index contributed by atoms with van der Waals surface area (Å²) >= 11 is 0. The van der Waals surface area contributed by atoms with Gasteiger partial charge in [-0.1, -0.05) is 0 Å². The summed E-state index contributed by atoms with van der Waals surface area (Å²) in [7, 11) is -12.7. The SMILES string of the molecule is O=S(=O)(C(F)F)N(C(F)F)S(=O)(=O)C(F)F. The van der Waals surface area contributed by atoms with Gasteiger partial charge >= 0.3 is 18.1 Å². The molecule has 0 bridgehead atoms. The zero-order valence-electron chi connectivity index (χ0n) is 6.90. The predicted molar refractivity (Wildman–Crippen MR) is 37.7 cm³/mol. The summed E-state index contributed by atoms with van der Waals surface area (Å²) in [6, 6.07) is 0. The molecular weight excluding hydrogens is 292 g/mol. The molecule has 13 heteroatoms. The van der Waals surface area contributed by atoms with E-state index in [0.29, 0.717) is 0 Å². The first-order valence-corrected chi connectivity index (χ1v) is 6.08. The Bertz CT molecular complexity index is 391. The first kappa shape index (κ1) is 15.4. The van der Waals surface area contributed by atoms with Crippen molar-refractivity contribution in [3.8, 4) is 0 Å². The van der Waals surface area contributed by atoms with E-state index in [1.54, 1.807) is 0 Å². The van der Waals surface area contributed by atoms with E-state index in [4.69, 9.17) is 0 Å². The Morgan fingerprint density at radius 3 is 1.06 bits per heavy atom. The molecule has 5 nitrogen and oxygen atoms in total. The highest BCUT2D eigenvalue weighted by atomic mass is 32.3. The van der Waals surface area contributed by atoms with Crippen molar-refractivity contribution < 1.29 is 43.2 Å². The van der Waals surface area contributed by atoms with Crippen LogP contribution in [0.1, 0.15) is 0 Å². The molecule has 0 aliphatic heterocycles. The fourth-order valence-electron chi connectivity index (χ4n) is 0.524. The van der Waals surface area contributed by atoms with Gasteiger partial charge in [0.1, 0.15) is 0 Å². The Hall–Kier alpha value is -0.560. The van der Waals surface area contributed by atoms with Crippen molar-refractivity contribution in [2.45, 2.75) is 18.1 Å². The number of rotatable bonds is 5. The van der Waals surface area contributed by atoms with Crippen LogP contribution >= 0.6 is 0 Å². The minimum Gasteiger partial charge on any atom is -0.205 e. The number of hydrogen-bond acceptors (Lipinski definition) is 4. The monoisotopic (exact) mass is 295 g/mol. The lowest BCUT2D eigenvalue weighted by molar-refractivity contribution is 0.0663. The minimum absolute atomic E-state index is 2.20. The second kappa shape index (κ2) is 4.75. The summed E-state index contributed by atoms with van der Waals surface area (Å²) in [5.74, 6) is -9.12. The predicted octanol–water partition coefficient (Wildman–Crippen LogP) is 0.616. The van der Waals surface area contributed by atoms with Gasteiger partial charge in [-0.05, 0) is 3.71 Å². The van der Waals surface area contributed by atoms with Crippen molar-refractivity contribution in [1.82, 2.24) is 3.71 Å². The fraction of sp³-hybridized carbons (Fsp3) is 1.00. The van der Waals surface area contributed by atoms with Crippen LogP contribution in [0.4, 0.5) is 26.3 Å². The summed E-state index contributed by atoms with van der Waals surface area (Å²) in [6.07, 6.45) is 0. The molecule has 0 heterocycles. The largest absolute Gasteiger partial charge is 0.351 e. The van der Waals surface area contributed by atoms with E-state index >= 15 is 0 Å². The van der Waals surface area contributed by atoms with Gasteiger partial charge in [-0.15, -0.1) is 0 Å². The topological polar surface area (TPSA) is 71.5 Å². The van der Waals surface area contributed by atoms with E-state index in [1.165, 1.54) is 0 Å². The molecule has 0 rings (SSSR count). The standard InChI is InChI=1S/C3H3F6NO4S2/c4-1(5)10(15(11,12)2(6)7)16(13,14)3(8)9/h1-3H. The molecule has 0 radical (unpaired) electrons. The summed E-state index contributed by atoms with van der Waals surface area (Å²) in [6.45, 7) is -4.56. The van der Waals surface area contributed by atoms with Crippen molar-refractivity contribution in [3.05, 3.63) is 0 Å². The Labute approximate surface area is 85.7 Å². The van der Waals surface area contributed by atoms with Crippen molar-refractivity contribution in [2.75, 3.05) is 0 Å². The molecule has 0 aromatic carbocycles. The maximum absolute atomic E-state index is 11.9. The zero-order valence-corrected chi connectivity index (χ0v) is 8.53. The third kappa shape index (κ3) is 2.76. The lowest BCUT2D eigenvalue weighted by Crippen LogP contribution is -2.45. The second-order valence-corrected chi connectivity index (χ2v) is 5.90. The normalized spacial score (nSPS) is 14.4. The van der Waals surface area contributed by atoms with E-state index in [0.717, 1.165) is 0 Å². The van der Waals surface area contributed by atoms with Crippen LogP contribution in [-0.2, 0) is 20.0 Å². The average molecular weight is 295 g/mol. The number of halogens is 6. The van der Waals surface area contributed by atoms with Crippen LogP contribution in [0.2, 0.25) is 0 Å². The summed E-state index contributed by atoms with van der Waals surface area (Å²) in [5, 5.41) is 0. The van der Waals surface area contributed by atoms with Crippen LogP contribution in [0.3, 0.4) is 0 Å². The third-order valence-corrected chi connectivity index (χ3v) is 4.58. The van der Waals surface area contributed by atoms with Crippen LogP contribution < -0.4 is 0 Å². The van der Waals surface area contributed by atoms with Crippen molar-refractivity contribution in [1.29, 1.82) is 0 Å². The van der Waals surface area contributed by atoms with Gasteiger partial charge in [0, 0.05) is 0 Å². The third-order valence-electron chi connectivity index (χ3n) is 1.11. The molecule has 0 amide bonds. The first-order valence-electron chi connectivity index (χ1n) is 3.07. The molecule has 0 N–H and O–H groups in total. The van der Waals surface area contributed by atoms with Crippen molar-refractivity contribution in [3.63, 3.8) is 0 Å². The maximum Gasteiger partial charge on any atom is 0.351 e. The number of sulfonamides is 2. The molecule has 0 aliphatic carbocycles. The molecule has 0 saturated carbocycles. The molecular formula is C3H3F6NO4S2. The molecule has 0 unspecified atom stereocenters. The fourth-order valence-corrected chi connectivity index (χ4v) is 2.83. The summed E-state index contributed by atoms with van der Waals surface area (Å²) in [4.78, 5) is 0. The lowest BCUT2D eigenvalue weighted by Gasteiger charge is -2.19. The van der Waals surface area contributed by atoms with E-state index in [2.05, 4.69) is 0 Å². The van der Waals surface area contributed by atoms with Crippen LogP contribution in [0, 0.1) is 0 Å². The van der Waals surface area contributed by atoms with E-state index in [-0.39, 0.29) is 0 Å². The maximum atomic E-state index is 11.9. The molecule has 0 atom stereocenters. The highest BCUT2D eigenvalue weighted by Crippen LogP contribution is 2.25. The Balaban J connectivity index is 5.74. The highest BCUT2D eigenvalue weighted by Gasteiger charge is 2.50. The van der Waals surface area contributed by atoms with Gasteiger partial charge in [0.2, 0.25) is 0 Å². The second-order valence-electron chi connectivity index (χ2n) is 2.11. The molecule has 0 aromatic rings. The van der Waals surface area contributed by atoms with E-state index in [1.807, 2.05) is 0 Å². The molecule has 0 spiro atoms. The Kier molecular flexibility index (Phi) is 4.58. The van der Waals surface area contributed by atoms with E-state index in [9.17, 15) is 43.2 Å². The highest BCUT2D eigenvalue weighted by molar-refractivity contribution is 8.04. The quantitative estimate of drug-likeness (QED) is 0.550.